The first kappa shape index (κ1) is 17.5. The van der Waals surface area contributed by atoms with Gasteiger partial charge in [0.1, 0.15) is 5.82 Å². The Morgan fingerprint density at radius 3 is 2.62 bits per heavy atom. The largest absolute Gasteiger partial charge is 0.476 e. The van der Waals surface area contributed by atoms with Crippen molar-refractivity contribution < 1.29 is 14.2 Å². The van der Waals surface area contributed by atoms with Gasteiger partial charge in [-0.2, -0.15) is 4.98 Å². The van der Waals surface area contributed by atoms with E-state index in [0.717, 1.165) is 18.8 Å². The van der Waals surface area contributed by atoms with Crippen molar-refractivity contribution >= 4 is 11.5 Å². The van der Waals surface area contributed by atoms with Crippen LogP contribution < -0.4 is 15.4 Å². The number of nitrogens with two attached hydrogens (primary N) is 1. The predicted molar refractivity (Wildman–Crippen MR) is 85.0 cm³/mol. The number of hydrogen-bond acceptors (Lipinski definition) is 6. The number of aromatic nitrogens is 1. The van der Waals surface area contributed by atoms with E-state index in [1.165, 1.54) is 0 Å². The summed E-state index contributed by atoms with van der Waals surface area (Å²) in [5.74, 6) is 1.30. The van der Waals surface area contributed by atoms with Crippen LogP contribution in [0.3, 0.4) is 0 Å². The van der Waals surface area contributed by atoms with Crippen LogP contribution in [0.15, 0.2) is 12.1 Å². The molecule has 0 saturated carbocycles. The van der Waals surface area contributed by atoms with Gasteiger partial charge in [-0.05, 0) is 25.5 Å². The Labute approximate surface area is 127 Å². The van der Waals surface area contributed by atoms with Crippen molar-refractivity contribution in [2.24, 2.45) is 0 Å². The standard InChI is InChI=1S/C15H27N3O3/c1-5-9-21-15-13(16)6-7-14(17-15)18(8-10-19-3)12(2)11-20-4/h6-7,12H,5,8-11,16H2,1-4H3. The maximum absolute atomic E-state index is 5.91. The lowest BCUT2D eigenvalue weighted by Gasteiger charge is -2.30. The van der Waals surface area contributed by atoms with Gasteiger partial charge in [-0.25, -0.2) is 0 Å². The predicted octanol–water partition coefficient (Wildman–Crippen LogP) is 1.94. The fourth-order valence-electron chi connectivity index (χ4n) is 2.00. The maximum atomic E-state index is 5.91. The van der Waals surface area contributed by atoms with Crippen LogP contribution in [0.1, 0.15) is 20.3 Å². The van der Waals surface area contributed by atoms with Crippen LogP contribution in [0.5, 0.6) is 5.88 Å². The molecule has 0 fully saturated rings. The molecule has 6 heteroatoms. The summed E-state index contributed by atoms with van der Waals surface area (Å²) in [7, 11) is 3.38. The molecule has 0 bridgehead atoms. The van der Waals surface area contributed by atoms with E-state index in [0.29, 0.717) is 31.4 Å². The van der Waals surface area contributed by atoms with Crippen molar-refractivity contribution in [2.75, 3.05) is 51.2 Å². The number of methoxy groups -OCH3 is 2. The van der Waals surface area contributed by atoms with E-state index in [9.17, 15) is 0 Å². The van der Waals surface area contributed by atoms with E-state index >= 15 is 0 Å². The highest BCUT2D eigenvalue weighted by molar-refractivity contribution is 5.55. The lowest BCUT2D eigenvalue weighted by Crippen LogP contribution is -2.39. The first-order valence-corrected chi connectivity index (χ1v) is 7.27. The zero-order valence-electron chi connectivity index (χ0n) is 13.5. The molecule has 0 aromatic carbocycles. The van der Waals surface area contributed by atoms with Gasteiger partial charge >= 0.3 is 0 Å². The summed E-state index contributed by atoms with van der Waals surface area (Å²) >= 11 is 0. The Morgan fingerprint density at radius 2 is 2.00 bits per heavy atom. The second kappa shape index (κ2) is 9.41. The summed E-state index contributed by atoms with van der Waals surface area (Å²) < 4.78 is 16.0. The first-order chi connectivity index (χ1) is 10.1. The lowest BCUT2D eigenvalue weighted by atomic mass is 10.2. The molecule has 2 N–H and O–H groups in total. The summed E-state index contributed by atoms with van der Waals surface area (Å²) in [6, 6.07) is 3.91. The number of ether oxygens (including phenoxy) is 3. The molecule has 0 saturated heterocycles. The molecule has 0 aliphatic heterocycles. The molecule has 1 unspecified atom stereocenters. The highest BCUT2D eigenvalue weighted by Gasteiger charge is 2.17. The average molecular weight is 297 g/mol. The van der Waals surface area contributed by atoms with Gasteiger partial charge in [-0.3, -0.25) is 0 Å². The molecule has 0 amide bonds. The van der Waals surface area contributed by atoms with Gasteiger partial charge in [-0.15, -0.1) is 0 Å². The number of nitrogen functional groups attached to an aromatic ring is 1. The van der Waals surface area contributed by atoms with Crippen molar-refractivity contribution in [1.82, 2.24) is 4.98 Å². The van der Waals surface area contributed by atoms with Gasteiger partial charge < -0.3 is 24.8 Å². The van der Waals surface area contributed by atoms with E-state index in [2.05, 4.69) is 16.8 Å². The first-order valence-electron chi connectivity index (χ1n) is 7.27. The van der Waals surface area contributed by atoms with E-state index in [4.69, 9.17) is 19.9 Å². The molecular formula is C15H27N3O3. The smallest absolute Gasteiger partial charge is 0.239 e. The Kier molecular flexibility index (Phi) is 7.85. The summed E-state index contributed by atoms with van der Waals surface area (Å²) in [4.78, 5) is 6.66. The number of hydrogen-bond donors (Lipinski definition) is 1. The second-order valence-electron chi connectivity index (χ2n) is 4.90. The Morgan fingerprint density at radius 1 is 1.24 bits per heavy atom. The van der Waals surface area contributed by atoms with Crippen LogP contribution in [-0.4, -0.2) is 51.6 Å². The fraction of sp³-hybridized carbons (Fsp3) is 0.667. The SMILES string of the molecule is CCCOc1nc(N(CCOC)C(C)COC)ccc1N. The van der Waals surface area contributed by atoms with Gasteiger partial charge in [0, 0.05) is 20.8 Å². The molecular weight excluding hydrogens is 270 g/mol. The minimum atomic E-state index is 0.181. The highest BCUT2D eigenvalue weighted by atomic mass is 16.5. The van der Waals surface area contributed by atoms with E-state index < -0.39 is 0 Å². The third-order valence-electron chi connectivity index (χ3n) is 3.09. The molecule has 1 atom stereocenters. The topological polar surface area (TPSA) is 69.8 Å². The van der Waals surface area contributed by atoms with Crippen molar-refractivity contribution in [3.8, 4) is 5.88 Å². The van der Waals surface area contributed by atoms with Crippen LogP contribution in [0, 0.1) is 0 Å². The Bertz CT molecular complexity index is 415. The number of pyridine rings is 1. The van der Waals surface area contributed by atoms with E-state index in [-0.39, 0.29) is 6.04 Å². The third-order valence-corrected chi connectivity index (χ3v) is 3.09. The molecule has 1 heterocycles. The van der Waals surface area contributed by atoms with Gasteiger partial charge in [-0.1, -0.05) is 6.92 Å². The van der Waals surface area contributed by atoms with Crippen LogP contribution in [0.25, 0.3) is 0 Å². The summed E-state index contributed by atoms with van der Waals surface area (Å²) in [5.41, 5.74) is 6.46. The summed E-state index contributed by atoms with van der Waals surface area (Å²) in [5, 5.41) is 0. The third kappa shape index (κ3) is 5.40. The number of rotatable bonds is 10. The van der Waals surface area contributed by atoms with Crippen LogP contribution in [-0.2, 0) is 9.47 Å². The zero-order valence-corrected chi connectivity index (χ0v) is 13.5. The quantitative estimate of drug-likeness (QED) is 0.712. The van der Waals surface area contributed by atoms with Crippen molar-refractivity contribution in [3.63, 3.8) is 0 Å². The number of nitrogens with zero attached hydrogens (tertiary/aromatic N) is 2. The molecule has 1 aromatic rings. The molecule has 1 rings (SSSR count). The molecule has 0 radical (unpaired) electrons. The van der Waals surface area contributed by atoms with Gasteiger partial charge in [0.05, 0.1) is 31.5 Å². The Hall–Kier alpha value is -1.53. The maximum Gasteiger partial charge on any atom is 0.239 e. The molecule has 21 heavy (non-hydrogen) atoms. The van der Waals surface area contributed by atoms with Crippen molar-refractivity contribution in [2.45, 2.75) is 26.3 Å². The lowest BCUT2D eigenvalue weighted by molar-refractivity contribution is 0.170. The van der Waals surface area contributed by atoms with Crippen LogP contribution >= 0.6 is 0 Å². The molecule has 120 valence electrons. The summed E-state index contributed by atoms with van der Waals surface area (Å²) in [6.45, 7) is 6.69. The number of anilines is 2. The fourth-order valence-corrected chi connectivity index (χ4v) is 2.00. The van der Waals surface area contributed by atoms with Gasteiger partial charge in [0.15, 0.2) is 0 Å². The van der Waals surface area contributed by atoms with Gasteiger partial charge in [0.2, 0.25) is 5.88 Å². The van der Waals surface area contributed by atoms with Crippen molar-refractivity contribution in [3.05, 3.63) is 12.1 Å². The minimum Gasteiger partial charge on any atom is -0.476 e. The highest BCUT2D eigenvalue weighted by Crippen LogP contribution is 2.24. The zero-order chi connectivity index (χ0) is 15.7. The van der Waals surface area contributed by atoms with Crippen LogP contribution in [0.2, 0.25) is 0 Å². The molecule has 1 aromatic heterocycles. The van der Waals surface area contributed by atoms with E-state index in [1.807, 2.05) is 19.1 Å². The normalized spacial score (nSPS) is 12.2. The van der Waals surface area contributed by atoms with Gasteiger partial charge in [0.25, 0.3) is 0 Å². The Balaban J connectivity index is 2.94. The molecule has 6 nitrogen and oxygen atoms in total. The van der Waals surface area contributed by atoms with Crippen LogP contribution in [0.4, 0.5) is 11.5 Å². The molecule has 0 spiro atoms. The molecule has 0 aliphatic rings. The second-order valence-corrected chi connectivity index (χ2v) is 4.90. The van der Waals surface area contributed by atoms with E-state index in [1.54, 1.807) is 14.2 Å². The minimum absolute atomic E-state index is 0.181. The molecule has 0 aliphatic carbocycles. The monoisotopic (exact) mass is 297 g/mol. The summed E-state index contributed by atoms with van der Waals surface area (Å²) in [6.07, 6.45) is 0.915. The average Bonchev–Trinajstić information content (AvgIpc) is 2.48. The van der Waals surface area contributed by atoms with Crippen molar-refractivity contribution in [1.29, 1.82) is 0 Å².